The molecule has 0 atom stereocenters. The van der Waals surface area contributed by atoms with Crippen LogP contribution in [0.1, 0.15) is 11.1 Å². The summed E-state index contributed by atoms with van der Waals surface area (Å²) >= 11 is 3.59. The molecule has 2 heteroatoms. The Balaban J connectivity index is 2.06. The topological polar surface area (TPSA) is 0 Å². The summed E-state index contributed by atoms with van der Waals surface area (Å²) in [6, 6.07) is 16.9. The Kier molecular flexibility index (Phi) is 6.03. The third-order valence-corrected chi connectivity index (χ3v) is 4.60. The summed E-state index contributed by atoms with van der Waals surface area (Å²) in [7, 11) is 0. The van der Waals surface area contributed by atoms with Crippen LogP contribution < -0.4 is 0 Å². The molecule has 20 heavy (non-hydrogen) atoms. The summed E-state index contributed by atoms with van der Waals surface area (Å²) in [5.74, 6) is 0. The maximum Gasteiger partial charge on any atom is 0.0211 e. The first-order valence-electron chi connectivity index (χ1n) is 6.45. The molecule has 0 radical (unpaired) electrons. The largest absolute Gasteiger partial charge is 0.128 e. The maximum absolute atomic E-state index is 2.24. The van der Waals surface area contributed by atoms with E-state index in [9.17, 15) is 0 Å². The van der Waals surface area contributed by atoms with Gasteiger partial charge < -0.3 is 0 Å². The van der Waals surface area contributed by atoms with Crippen LogP contribution in [0.15, 0.2) is 70.5 Å². The second-order valence-corrected chi connectivity index (χ2v) is 5.94. The van der Waals surface area contributed by atoms with Crippen molar-refractivity contribution in [2.45, 2.75) is 9.79 Å². The molecule has 0 fully saturated rings. The third-order valence-electron chi connectivity index (χ3n) is 2.90. The SMILES string of the molecule is CSc1ccc(/C=C/C=C/c2ccccc2)cc1SC. The molecule has 0 heterocycles. The van der Waals surface area contributed by atoms with Crippen LogP contribution in [0.4, 0.5) is 0 Å². The van der Waals surface area contributed by atoms with Gasteiger partial charge in [0.05, 0.1) is 0 Å². The first-order valence-corrected chi connectivity index (χ1v) is 8.90. The third kappa shape index (κ3) is 4.32. The van der Waals surface area contributed by atoms with Crippen molar-refractivity contribution in [1.82, 2.24) is 0 Å². The second-order valence-electron chi connectivity index (χ2n) is 4.24. The van der Waals surface area contributed by atoms with Crippen LogP contribution in [0, 0.1) is 0 Å². The van der Waals surface area contributed by atoms with E-state index in [0.29, 0.717) is 0 Å². The Morgan fingerprint density at radius 1 is 0.700 bits per heavy atom. The lowest BCUT2D eigenvalue weighted by molar-refractivity contribution is 1.25. The van der Waals surface area contributed by atoms with Gasteiger partial charge in [0, 0.05) is 9.79 Å². The Hall–Kier alpha value is -1.38. The van der Waals surface area contributed by atoms with Crippen molar-refractivity contribution in [2.75, 3.05) is 12.5 Å². The fourth-order valence-electron chi connectivity index (χ4n) is 1.85. The molecule has 102 valence electrons. The van der Waals surface area contributed by atoms with Crippen molar-refractivity contribution >= 4 is 35.7 Å². The zero-order valence-electron chi connectivity index (χ0n) is 11.7. The molecule has 0 amide bonds. The summed E-state index contributed by atoms with van der Waals surface area (Å²) in [6.45, 7) is 0. The van der Waals surface area contributed by atoms with Crippen molar-refractivity contribution in [2.24, 2.45) is 0 Å². The predicted molar refractivity (Wildman–Crippen MR) is 94.5 cm³/mol. The van der Waals surface area contributed by atoms with Crippen LogP contribution in [0.2, 0.25) is 0 Å². The Morgan fingerprint density at radius 3 is 2.00 bits per heavy atom. The van der Waals surface area contributed by atoms with Gasteiger partial charge in [0.1, 0.15) is 0 Å². The van der Waals surface area contributed by atoms with Crippen molar-refractivity contribution < 1.29 is 0 Å². The molecule has 2 rings (SSSR count). The van der Waals surface area contributed by atoms with E-state index in [-0.39, 0.29) is 0 Å². The van der Waals surface area contributed by atoms with Gasteiger partial charge in [-0.1, -0.05) is 60.7 Å². The number of thioether (sulfide) groups is 2. The van der Waals surface area contributed by atoms with Gasteiger partial charge in [-0.05, 0) is 35.8 Å². The fourth-order valence-corrected chi connectivity index (χ4v) is 3.34. The number of benzene rings is 2. The Morgan fingerprint density at radius 2 is 1.35 bits per heavy atom. The molecule has 0 saturated carbocycles. The zero-order valence-corrected chi connectivity index (χ0v) is 13.4. The number of hydrogen-bond donors (Lipinski definition) is 0. The van der Waals surface area contributed by atoms with Crippen LogP contribution in [0.25, 0.3) is 12.2 Å². The molecule has 0 spiro atoms. The Labute approximate surface area is 130 Å². The van der Waals surface area contributed by atoms with Gasteiger partial charge in [-0.15, -0.1) is 23.5 Å². The monoisotopic (exact) mass is 298 g/mol. The van der Waals surface area contributed by atoms with Crippen LogP contribution in [-0.4, -0.2) is 12.5 Å². The molecule has 0 aliphatic rings. The van der Waals surface area contributed by atoms with Gasteiger partial charge in [-0.3, -0.25) is 0 Å². The van der Waals surface area contributed by atoms with Gasteiger partial charge in [-0.25, -0.2) is 0 Å². The molecule has 0 aliphatic heterocycles. The molecular weight excluding hydrogens is 280 g/mol. The van der Waals surface area contributed by atoms with E-state index >= 15 is 0 Å². The zero-order chi connectivity index (χ0) is 14.2. The van der Waals surface area contributed by atoms with Crippen molar-refractivity contribution in [1.29, 1.82) is 0 Å². The van der Waals surface area contributed by atoms with E-state index in [2.05, 4.69) is 79.3 Å². The van der Waals surface area contributed by atoms with Gasteiger partial charge in [0.2, 0.25) is 0 Å². The standard InChI is InChI=1S/C18H18S2/c1-19-17-13-12-16(14-18(17)20-2)11-7-6-10-15-8-4-3-5-9-15/h3-14H,1-2H3/b10-6+,11-7+. The van der Waals surface area contributed by atoms with Crippen molar-refractivity contribution in [3.05, 3.63) is 71.8 Å². The molecule has 0 nitrogen and oxygen atoms in total. The van der Waals surface area contributed by atoms with Crippen molar-refractivity contribution in [3.63, 3.8) is 0 Å². The van der Waals surface area contributed by atoms with Crippen molar-refractivity contribution in [3.8, 4) is 0 Å². The summed E-state index contributed by atoms with van der Waals surface area (Å²) < 4.78 is 0. The minimum atomic E-state index is 1.22. The highest BCUT2D eigenvalue weighted by Crippen LogP contribution is 2.29. The van der Waals surface area contributed by atoms with Crippen LogP contribution in [0.5, 0.6) is 0 Å². The average molecular weight is 298 g/mol. The molecule has 0 bridgehead atoms. The highest BCUT2D eigenvalue weighted by Gasteiger charge is 1.99. The van der Waals surface area contributed by atoms with Gasteiger partial charge in [-0.2, -0.15) is 0 Å². The smallest absolute Gasteiger partial charge is 0.0211 e. The number of allylic oxidation sites excluding steroid dienone is 2. The normalized spacial score (nSPS) is 11.5. The van der Waals surface area contributed by atoms with E-state index in [4.69, 9.17) is 0 Å². The highest BCUT2D eigenvalue weighted by atomic mass is 32.2. The average Bonchev–Trinajstić information content (AvgIpc) is 2.52. The van der Waals surface area contributed by atoms with E-state index in [0.717, 1.165) is 0 Å². The van der Waals surface area contributed by atoms with Gasteiger partial charge in [0.15, 0.2) is 0 Å². The summed E-state index contributed by atoms with van der Waals surface area (Å²) in [5, 5.41) is 0. The Bertz CT molecular complexity index is 598. The van der Waals surface area contributed by atoms with E-state index < -0.39 is 0 Å². The van der Waals surface area contributed by atoms with Crippen LogP contribution in [-0.2, 0) is 0 Å². The number of rotatable bonds is 5. The molecular formula is C18H18S2. The molecule has 2 aromatic rings. The summed E-state index contributed by atoms with van der Waals surface area (Å²) in [5.41, 5.74) is 2.46. The van der Waals surface area contributed by atoms with E-state index in [1.54, 1.807) is 23.5 Å². The number of hydrogen-bond acceptors (Lipinski definition) is 2. The van der Waals surface area contributed by atoms with Gasteiger partial charge >= 0.3 is 0 Å². The molecule has 0 unspecified atom stereocenters. The van der Waals surface area contributed by atoms with E-state index in [1.165, 1.54) is 20.9 Å². The maximum atomic E-state index is 2.24. The molecule has 0 N–H and O–H groups in total. The molecule has 0 aliphatic carbocycles. The minimum Gasteiger partial charge on any atom is -0.128 e. The summed E-state index contributed by atoms with van der Waals surface area (Å²) in [6.07, 6.45) is 12.7. The minimum absolute atomic E-state index is 1.22. The second kappa shape index (κ2) is 8.03. The molecule has 2 aromatic carbocycles. The predicted octanol–water partition coefficient (Wildman–Crippen LogP) is 5.86. The molecule has 0 aromatic heterocycles. The van der Waals surface area contributed by atoms with E-state index in [1.807, 2.05) is 6.07 Å². The lowest BCUT2D eigenvalue weighted by Crippen LogP contribution is -1.79. The van der Waals surface area contributed by atoms with Crippen LogP contribution >= 0.6 is 23.5 Å². The lowest BCUT2D eigenvalue weighted by atomic mass is 10.2. The van der Waals surface area contributed by atoms with Crippen LogP contribution in [0.3, 0.4) is 0 Å². The highest BCUT2D eigenvalue weighted by molar-refractivity contribution is 8.01. The first-order chi connectivity index (χ1) is 9.83. The fraction of sp³-hybridized carbons (Fsp3) is 0.111. The van der Waals surface area contributed by atoms with Gasteiger partial charge in [0.25, 0.3) is 0 Å². The first kappa shape index (κ1) is 15.0. The quantitative estimate of drug-likeness (QED) is 0.501. The summed E-state index contributed by atoms with van der Waals surface area (Å²) in [4.78, 5) is 2.68. The molecule has 0 saturated heterocycles. The lowest BCUT2D eigenvalue weighted by Gasteiger charge is -2.05.